The van der Waals surface area contributed by atoms with Gasteiger partial charge in [0.25, 0.3) is 0 Å². The van der Waals surface area contributed by atoms with E-state index in [4.69, 9.17) is 5.73 Å². The van der Waals surface area contributed by atoms with Crippen molar-refractivity contribution in [3.8, 4) is 0 Å². The molecule has 4 N–H and O–H groups in total. The number of hydrogen-bond acceptors (Lipinski definition) is 3. The highest BCUT2D eigenvalue weighted by molar-refractivity contribution is 6.11. The Morgan fingerprint density at radius 1 is 1.12 bits per heavy atom. The molecular weight excluding hydrogens is 218 g/mol. The van der Waals surface area contributed by atoms with Crippen molar-refractivity contribution < 1.29 is 9.59 Å². The van der Waals surface area contributed by atoms with Crippen molar-refractivity contribution >= 4 is 22.7 Å². The van der Waals surface area contributed by atoms with E-state index in [9.17, 15) is 9.59 Å². The molecule has 2 amide bonds. The number of rotatable bonds is 1. The van der Waals surface area contributed by atoms with Crippen LogP contribution in [0.15, 0.2) is 30.5 Å². The molecule has 2 aromatic rings. The highest BCUT2D eigenvalue weighted by atomic mass is 16.2. The molecule has 0 spiro atoms. The van der Waals surface area contributed by atoms with Gasteiger partial charge in [-0.3, -0.25) is 14.9 Å². The number of imide groups is 1. The third-order valence-corrected chi connectivity index (χ3v) is 3.15. The van der Waals surface area contributed by atoms with Gasteiger partial charge in [0, 0.05) is 17.1 Å². The highest BCUT2D eigenvalue weighted by Gasteiger charge is 2.41. The van der Waals surface area contributed by atoms with Crippen LogP contribution in [0.2, 0.25) is 0 Å². The molecule has 0 radical (unpaired) electrons. The van der Waals surface area contributed by atoms with E-state index in [-0.39, 0.29) is 5.91 Å². The Labute approximate surface area is 97.0 Å². The summed E-state index contributed by atoms with van der Waals surface area (Å²) in [4.78, 5) is 26.1. The number of para-hydroxylation sites is 1. The molecule has 1 aliphatic heterocycles. The molecule has 5 nitrogen and oxygen atoms in total. The summed E-state index contributed by atoms with van der Waals surface area (Å²) in [7, 11) is 0. The van der Waals surface area contributed by atoms with Gasteiger partial charge in [0.2, 0.25) is 11.8 Å². The fourth-order valence-corrected chi connectivity index (χ4v) is 2.28. The van der Waals surface area contributed by atoms with Crippen LogP contribution in [0.1, 0.15) is 11.5 Å². The summed E-state index contributed by atoms with van der Waals surface area (Å²) in [5.74, 6) is -1.34. The molecule has 0 saturated carbocycles. The minimum atomic E-state index is -0.804. The van der Waals surface area contributed by atoms with Gasteiger partial charge >= 0.3 is 0 Å². The molecule has 3 rings (SSSR count). The molecule has 2 heterocycles. The second-order valence-electron chi connectivity index (χ2n) is 4.15. The number of hydrogen-bond donors (Lipinski definition) is 3. The molecule has 0 bridgehead atoms. The summed E-state index contributed by atoms with van der Waals surface area (Å²) in [5.41, 5.74) is 7.46. The van der Waals surface area contributed by atoms with Crippen LogP contribution < -0.4 is 11.1 Å². The predicted octanol–water partition coefficient (Wildman–Crippen LogP) is 0.235. The van der Waals surface area contributed by atoms with Crippen molar-refractivity contribution in [2.45, 2.75) is 12.0 Å². The second kappa shape index (κ2) is 3.43. The lowest BCUT2D eigenvalue weighted by atomic mass is 9.94. The molecule has 5 heteroatoms. The van der Waals surface area contributed by atoms with E-state index in [1.165, 1.54) is 0 Å². The Kier molecular flexibility index (Phi) is 2.02. The highest BCUT2D eigenvalue weighted by Crippen LogP contribution is 2.29. The third kappa shape index (κ3) is 1.36. The zero-order valence-corrected chi connectivity index (χ0v) is 8.94. The minimum absolute atomic E-state index is 0.327. The van der Waals surface area contributed by atoms with Crippen molar-refractivity contribution in [1.82, 2.24) is 10.3 Å². The zero-order valence-electron chi connectivity index (χ0n) is 8.94. The number of nitrogens with one attached hydrogen (secondary N) is 2. The zero-order chi connectivity index (χ0) is 12.0. The summed E-state index contributed by atoms with van der Waals surface area (Å²) in [6, 6.07) is 6.81. The smallest absolute Gasteiger partial charge is 0.244 e. The molecule has 1 fully saturated rings. The van der Waals surface area contributed by atoms with Gasteiger partial charge in [-0.2, -0.15) is 0 Å². The molecule has 2 atom stereocenters. The minimum Gasteiger partial charge on any atom is -0.361 e. The number of benzene rings is 1. The fraction of sp³-hybridized carbons (Fsp3) is 0.167. The molecule has 1 aromatic heterocycles. The maximum absolute atomic E-state index is 11.7. The third-order valence-electron chi connectivity index (χ3n) is 3.15. The first-order chi connectivity index (χ1) is 8.18. The number of H-pyrrole nitrogens is 1. The second-order valence-corrected chi connectivity index (χ2v) is 4.15. The van der Waals surface area contributed by atoms with Gasteiger partial charge in [0.05, 0.1) is 5.92 Å². The molecule has 86 valence electrons. The Morgan fingerprint density at radius 3 is 2.59 bits per heavy atom. The van der Waals surface area contributed by atoms with E-state index in [0.717, 1.165) is 16.5 Å². The van der Waals surface area contributed by atoms with Crippen LogP contribution in [0.25, 0.3) is 10.9 Å². The summed E-state index contributed by atoms with van der Waals surface area (Å²) in [5, 5.41) is 3.18. The van der Waals surface area contributed by atoms with Crippen molar-refractivity contribution in [2.75, 3.05) is 0 Å². The Bertz CT molecular complexity index is 617. The van der Waals surface area contributed by atoms with E-state index < -0.39 is 17.9 Å². The SMILES string of the molecule is NC1C(=O)NC(=O)C1c1c[nH]c2ccccc12. The number of amides is 2. The van der Waals surface area contributed by atoms with Gasteiger partial charge in [-0.25, -0.2) is 0 Å². The molecule has 1 aliphatic rings. The first kappa shape index (κ1) is 10.0. The van der Waals surface area contributed by atoms with Crippen molar-refractivity contribution in [3.05, 3.63) is 36.0 Å². The number of aromatic amines is 1. The number of fused-ring (bicyclic) bond motifs is 1. The van der Waals surface area contributed by atoms with Crippen LogP contribution in [0, 0.1) is 0 Å². The topological polar surface area (TPSA) is 88.0 Å². The van der Waals surface area contributed by atoms with Crippen molar-refractivity contribution in [1.29, 1.82) is 0 Å². The molecule has 1 aromatic carbocycles. The van der Waals surface area contributed by atoms with Crippen molar-refractivity contribution in [2.24, 2.45) is 5.73 Å². The summed E-state index contributed by atoms with van der Waals surface area (Å²) >= 11 is 0. The fourth-order valence-electron chi connectivity index (χ4n) is 2.28. The van der Waals surface area contributed by atoms with Gasteiger partial charge < -0.3 is 10.7 Å². The first-order valence-corrected chi connectivity index (χ1v) is 5.35. The van der Waals surface area contributed by atoms with Gasteiger partial charge in [-0.05, 0) is 11.6 Å². The van der Waals surface area contributed by atoms with E-state index >= 15 is 0 Å². The summed E-state index contributed by atoms with van der Waals surface area (Å²) < 4.78 is 0. The maximum atomic E-state index is 11.7. The average molecular weight is 229 g/mol. The van der Waals surface area contributed by atoms with Crippen LogP contribution in [-0.4, -0.2) is 22.8 Å². The number of nitrogens with two attached hydrogens (primary N) is 1. The van der Waals surface area contributed by atoms with Crippen LogP contribution in [0.5, 0.6) is 0 Å². The lowest BCUT2D eigenvalue weighted by molar-refractivity contribution is -0.125. The van der Waals surface area contributed by atoms with Gasteiger partial charge in [-0.15, -0.1) is 0 Å². The number of carbonyl (C=O) groups is 2. The normalized spacial score (nSPS) is 24.3. The molecule has 17 heavy (non-hydrogen) atoms. The van der Waals surface area contributed by atoms with Crippen LogP contribution in [-0.2, 0) is 9.59 Å². The summed E-state index contributed by atoms with van der Waals surface area (Å²) in [6.45, 7) is 0. The van der Waals surface area contributed by atoms with E-state index in [1.807, 2.05) is 24.3 Å². The van der Waals surface area contributed by atoms with Gasteiger partial charge in [0.1, 0.15) is 6.04 Å². The number of carbonyl (C=O) groups excluding carboxylic acids is 2. The van der Waals surface area contributed by atoms with Crippen LogP contribution >= 0.6 is 0 Å². The Balaban J connectivity index is 2.16. The lowest BCUT2D eigenvalue weighted by Crippen LogP contribution is -2.33. The van der Waals surface area contributed by atoms with E-state index in [0.29, 0.717) is 0 Å². The largest absolute Gasteiger partial charge is 0.361 e. The molecular formula is C12H11N3O2. The van der Waals surface area contributed by atoms with Crippen molar-refractivity contribution in [3.63, 3.8) is 0 Å². The Hall–Kier alpha value is -2.14. The van der Waals surface area contributed by atoms with Gasteiger partial charge in [0.15, 0.2) is 0 Å². The van der Waals surface area contributed by atoms with E-state index in [2.05, 4.69) is 10.3 Å². The average Bonchev–Trinajstić information content (AvgIpc) is 2.82. The maximum Gasteiger partial charge on any atom is 0.244 e. The number of aromatic nitrogens is 1. The standard InChI is InChI=1S/C12H11N3O2/c13-10-9(11(16)15-12(10)17)7-5-14-8-4-2-1-3-6(7)8/h1-5,9-10,14H,13H2,(H,15,16,17). The van der Waals surface area contributed by atoms with Crippen LogP contribution in [0.3, 0.4) is 0 Å². The molecule has 1 saturated heterocycles. The summed E-state index contributed by atoms with van der Waals surface area (Å²) in [6.07, 6.45) is 1.74. The first-order valence-electron chi connectivity index (χ1n) is 5.35. The van der Waals surface area contributed by atoms with Gasteiger partial charge in [-0.1, -0.05) is 18.2 Å². The predicted molar refractivity (Wildman–Crippen MR) is 62.2 cm³/mol. The molecule has 2 unspecified atom stereocenters. The van der Waals surface area contributed by atoms with E-state index in [1.54, 1.807) is 6.20 Å². The quantitative estimate of drug-likeness (QED) is 0.612. The monoisotopic (exact) mass is 229 g/mol. The lowest BCUT2D eigenvalue weighted by Gasteiger charge is -2.09. The Morgan fingerprint density at radius 2 is 1.88 bits per heavy atom. The molecule has 0 aliphatic carbocycles. The van der Waals surface area contributed by atoms with Crippen LogP contribution in [0.4, 0.5) is 0 Å².